The van der Waals surface area contributed by atoms with Gasteiger partial charge in [0.15, 0.2) is 0 Å². The first-order valence-electron chi connectivity index (χ1n) is 8.65. The van der Waals surface area contributed by atoms with Crippen LogP contribution >= 0.6 is 15.9 Å². The van der Waals surface area contributed by atoms with E-state index in [9.17, 15) is 4.79 Å². The maximum atomic E-state index is 12.5. The van der Waals surface area contributed by atoms with Gasteiger partial charge in [-0.05, 0) is 28.8 Å². The molecule has 136 valence electrons. The molecule has 1 saturated heterocycles. The maximum Gasteiger partial charge on any atom is 0.275 e. The number of nitrogens with one attached hydrogen (secondary N) is 2. The lowest BCUT2D eigenvalue weighted by Gasteiger charge is -2.33. The molecule has 1 amide bonds. The van der Waals surface area contributed by atoms with E-state index in [1.165, 1.54) is 6.21 Å². The zero-order valence-electron chi connectivity index (χ0n) is 14.2. The van der Waals surface area contributed by atoms with E-state index in [1.807, 2.05) is 0 Å². The highest BCUT2D eigenvalue weighted by Gasteiger charge is 2.24. The number of carbonyl (C=O) groups is 1. The Labute approximate surface area is 159 Å². The lowest BCUT2D eigenvalue weighted by molar-refractivity contribution is -0.110. The molecule has 0 aliphatic carbocycles. The Morgan fingerprint density at radius 2 is 2.31 bits per heavy atom. The number of aromatic amines is 1. The minimum atomic E-state index is -0.268. The largest absolute Gasteiger partial charge is 0.368 e. The van der Waals surface area contributed by atoms with Crippen LogP contribution in [0.1, 0.15) is 12.8 Å². The van der Waals surface area contributed by atoms with Crippen LogP contribution in [0.25, 0.3) is 11.0 Å². The molecular formula is C17H20BrN7O. The van der Waals surface area contributed by atoms with Crippen LogP contribution in [0.15, 0.2) is 26.9 Å². The smallest absolute Gasteiger partial charge is 0.275 e. The first kappa shape index (κ1) is 17.2. The van der Waals surface area contributed by atoms with E-state index in [4.69, 9.17) is 5.73 Å². The zero-order chi connectivity index (χ0) is 18.1. The average Bonchev–Trinajstić information content (AvgIpc) is 3.05. The van der Waals surface area contributed by atoms with Crippen LogP contribution in [0.3, 0.4) is 0 Å². The number of aromatic nitrogens is 2. The summed E-state index contributed by atoms with van der Waals surface area (Å²) in [5.41, 5.74) is 8.91. The first-order valence-corrected chi connectivity index (χ1v) is 9.44. The van der Waals surface area contributed by atoms with Crippen molar-refractivity contribution >= 4 is 56.2 Å². The van der Waals surface area contributed by atoms with Gasteiger partial charge in [0, 0.05) is 31.5 Å². The minimum absolute atomic E-state index is 0.142. The topological polar surface area (TPSA) is 112 Å². The van der Waals surface area contributed by atoms with Gasteiger partial charge in [0.1, 0.15) is 11.4 Å². The van der Waals surface area contributed by atoms with Crippen LogP contribution in [0.2, 0.25) is 0 Å². The van der Waals surface area contributed by atoms with Gasteiger partial charge >= 0.3 is 0 Å². The Morgan fingerprint density at radius 3 is 3.08 bits per heavy atom. The number of nitrogens with two attached hydrogens (primary N) is 1. The molecule has 0 aromatic carbocycles. The van der Waals surface area contributed by atoms with Crippen molar-refractivity contribution in [3.63, 3.8) is 0 Å². The Balaban J connectivity index is 1.72. The van der Waals surface area contributed by atoms with E-state index in [-0.39, 0.29) is 11.9 Å². The van der Waals surface area contributed by atoms with Gasteiger partial charge in [-0.1, -0.05) is 0 Å². The van der Waals surface area contributed by atoms with E-state index in [0.717, 1.165) is 47.1 Å². The van der Waals surface area contributed by atoms with E-state index >= 15 is 0 Å². The van der Waals surface area contributed by atoms with Crippen molar-refractivity contribution in [2.75, 3.05) is 36.4 Å². The second-order valence-electron chi connectivity index (χ2n) is 6.49. The molecule has 2 aliphatic rings. The number of rotatable bonds is 3. The summed E-state index contributed by atoms with van der Waals surface area (Å²) in [7, 11) is 0. The molecule has 8 nitrogen and oxygen atoms in total. The molecule has 9 heteroatoms. The SMILES string of the molecule is N[C@@H]1CCCN(c2c(Br)cnc3[nH]cc(NC(=O)C4=NCCN=C4)c23)C1. The molecule has 0 radical (unpaired) electrons. The lowest BCUT2D eigenvalue weighted by Crippen LogP contribution is -2.43. The van der Waals surface area contributed by atoms with Gasteiger partial charge in [-0.25, -0.2) is 4.98 Å². The number of halogens is 1. The number of hydrogen-bond donors (Lipinski definition) is 3. The normalized spacial score (nSPS) is 20.3. The number of amides is 1. The second-order valence-corrected chi connectivity index (χ2v) is 7.34. The molecule has 4 heterocycles. The summed E-state index contributed by atoms with van der Waals surface area (Å²) in [5.74, 6) is -0.268. The number of fused-ring (bicyclic) bond motifs is 1. The van der Waals surface area contributed by atoms with Gasteiger partial charge in [0.05, 0.1) is 40.5 Å². The van der Waals surface area contributed by atoms with E-state index in [1.54, 1.807) is 12.4 Å². The van der Waals surface area contributed by atoms with Crippen molar-refractivity contribution in [3.05, 3.63) is 16.9 Å². The molecule has 4 N–H and O–H groups in total. The summed E-state index contributed by atoms with van der Waals surface area (Å²) in [4.78, 5) is 30.7. The highest BCUT2D eigenvalue weighted by molar-refractivity contribution is 9.10. The molecule has 0 saturated carbocycles. The molecule has 0 unspecified atom stereocenters. The fourth-order valence-corrected chi connectivity index (χ4v) is 3.96. The van der Waals surface area contributed by atoms with E-state index in [2.05, 4.69) is 46.1 Å². The predicted molar refractivity (Wildman–Crippen MR) is 108 cm³/mol. The number of piperidine rings is 1. The molecule has 4 rings (SSSR count). The zero-order valence-corrected chi connectivity index (χ0v) is 15.8. The number of H-pyrrole nitrogens is 1. The third-order valence-corrected chi connectivity index (χ3v) is 5.19. The van der Waals surface area contributed by atoms with Gasteiger partial charge in [-0.3, -0.25) is 14.8 Å². The number of aliphatic imine (C=N–C) groups is 2. The molecule has 1 fully saturated rings. The fourth-order valence-electron chi connectivity index (χ4n) is 3.41. The van der Waals surface area contributed by atoms with E-state index in [0.29, 0.717) is 24.5 Å². The van der Waals surface area contributed by atoms with Crippen molar-refractivity contribution in [2.24, 2.45) is 15.7 Å². The van der Waals surface area contributed by atoms with Gasteiger partial charge in [0.2, 0.25) is 0 Å². The third kappa shape index (κ3) is 3.24. The third-order valence-electron chi connectivity index (χ3n) is 4.61. The Kier molecular flexibility index (Phi) is 4.73. The molecular weight excluding hydrogens is 398 g/mol. The summed E-state index contributed by atoms with van der Waals surface area (Å²) in [5, 5.41) is 3.81. The van der Waals surface area contributed by atoms with Crippen molar-refractivity contribution in [3.8, 4) is 0 Å². The van der Waals surface area contributed by atoms with Crippen molar-refractivity contribution in [1.82, 2.24) is 9.97 Å². The van der Waals surface area contributed by atoms with Crippen LogP contribution in [-0.2, 0) is 4.79 Å². The molecule has 2 aliphatic heterocycles. The summed E-state index contributed by atoms with van der Waals surface area (Å²) in [6.45, 7) is 2.86. The predicted octanol–water partition coefficient (Wildman–Crippen LogP) is 1.72. The van der Waals surface area contributed by atoms with Gasteiger partial charge in [0.25, 0.3) is 5.91 Å². The van der Waals surface area contributed by atoms with Gasteiger partial charge in [-0.15, -0.1) is 0 Å². The quantitative estimate of drug-likeness (QED) is 0.705. The number of nitrogens with zero attached hydrogens (tertiary/aromatic N) is 4. The monoisotopic (exact) mass is 417 g/mol. The summed E-state index contributed by atoms with van der Waals surface area (Å²) in [6.07, 6.45) is 7.12. The number of anilines is 2. The molecule has 0 bridgehead atoms. The molecule has 1 atom stereocenters. The Hall–Kier alpha value is -2.26. The molecule has 2 aromatic rings. The van der Waals surface area contributed by atoms with Crippen LogP contribution in [0, 0.1) is 0 Å². The summed E-state index contributed by atoms with van der Waals surface area (Å²) < 4.78 is 0.880. The summed E-state index contributed by atoms with van der Waals surface area (Å²) in [6, 6.07) is 0.142. The second kappa shape index (κ2) is 7.16. The number of hydrogen-bond acceptors (Lipinski definition) is 6. The van der Waals surface area contributed by atoms with Crippen molar-refractivity contribution in [1.29, 1.82) is 0 Å². The number of carbonyl (C=O) groups excluding carboxylic acids is 1. The Morgan fingerprint density at radius 1 is 1.42 bits per heavy atom. The average molecular weight is 418 g/mol. The highest BCUT2D eigenvalue weighted by atomic mass is 79.9. The van der Waals surface area contributed by atoms with Crippen LogP contribution in [0.4, 0.5) is 11.4 Å². The van der Waals surface area contributed by atoms with Gasteiger partial charge in [-0.2, -0.15) is 0 Å². The van der Waals surface area contributed by atoms with Crippen LogP contribution in [0.5, 0.6) is 0 Å². The number of pyridine rings is 1. The summed E-state index contributed by atoms with van der Waals surface area (Å²) >= 11 is 3.62. The minimum Gasteiger partial charge on any atom is -0.368 e. The molecule has 2 aromatic heterocycles. The van der Waals surface area contributed by atoms with Crippen LogP contribution in [-0.4, -0.2) is 60.0 Å². The van der Waals surface area contributed by atoms with Crippen molar-refractivity contribution < 1.29 is 4.79 Å². The first-order chi connectivity index (χ1) is 12.6. The van der Waals surface area contributed by atoms with Crippen molar-refractivity contribution in [2.45, 2.75) is 18.9 Å². The molecule has 0 spiro atoms. The lowest BCUT2D eigenvalue weighted by atomic mass is 10.1. The Bertz CT molecular complexity index is 904. The molecule has 26 heavy (non-hydrogen) atoms. The fraction of sp³-hybridized carbons (Fsp3) is 0.412. The van der Waals surface area contributed by atoms with E-state index < -0.39 is 0 Å². The van der Waals surface area contributed by atoms with Crippen LogP contribution < -0.4 is 16.0 Å². The van der Waals surface area contributed by atoms with Gasteiger partial charge < -0.3 is 20.9 Å². The standard InChI is InChI=1S/C17H20BrN7O/c18-11-6-22-16-14(15(11)25-5-1-2-10(19)9-25)12(8-23-16)24-17(26)13-7-20-3-4-21-13/h6-8,10H,1-5,9,19H2,(H,22,23)(H,24,26)/t10-/m1/s1. The highest BCUT2D eigenvalue weighted by Crippen LogP contribution is 2.38. The maximum absolute atomic E-state index is 12.5.